The number of carbonyl (C=O) groups excluding carboxylic acids is 1. The van der Waals surface area contributed by atoms with E-state index in [-0.39, 0.29) is 36.5 Å². The zero-order valence-corrected chi connectivity index (χ0v) is 13.1. The minimum Gasteiger partial charge on any atom is -0.477 e. The van der Waals surface area contributed by atoms with E-state index in [9.17, 15) is 9.59 Å². The Morgan fingerprint density at radius 3 is 2.43 bits per heavy atom. The van der Waals surface area contributed by atoms with Crippen molar-refractivity contribution in [1.82, 2.24) is 10.3 Å². The van der Waals surface area contributed by atoms with E-state index in [1.807, 2.05) is 0 Å². The predicted octanol–water partition coefficient (Wildman–Crippen LogP) is 1.81. The van der Waals surface area contributed by atoms with Gasteiger partial charge in [0, 0.05) is 12.7 Å². The van der Waals surface area contributed by atoms with Crippen LogP contribution in [0.2, 0.25) is 0 Å². The zero-order chi connectivity index (χ0) is 13.9. The fraction of sp³-hybridized carbons (Fsp3) is 0.462. The summed E-state index contributed by atoms with van der Waals surface area (Å²) in [5, 5.41) is 11.9. The van der Waals surface area contributed by atoms with Gasteiger partial charge >= 0.3 is 11.9 Å². The van der Waals surface area contributed by atoms with Crippen molar-refractivity contribution in [3.63, 3.8) is 0 Å². The number of carbonyl (C=O) groups is 2. The molecule has 0 aliphatic heterocycles. The highest BCUT2D eigenvalue weighted by Gasteiger charge is 2.44. The Morgan fingerprint density at radius 1 is 1.38 bits per heavy atom. The molecule has 0 bridgehead atoms. The number of esters is 1. The average molecular weight is 337 g/mol. The maximum atomic E-state index is 11.7. The number of rotatable bonds is 5. The summed E-state index contributed by atoms with van der Waals surface area (Å²) in [6, 6.07) is 3.14. The van der Waals surface area contributed by atoms with Gasteiger partial charge in [-0.3, -0.25) is 10.1 Å². The molecule has 0 spiro atoms. The summed E-state index contributed by atoms with van der Waals surface area (Å²) in [6.45, 7) is 0.460. The molecule has 2 N–H and O–H groups in total. The van der Waals surface area contributed by atoms with Crippen molar-refractivity contribution >= 4 is 36.8 Å². The van der Waals surface area contributed by atoms with E-state index in [2.05, 4.69) is 10.3 Å². The lowest BCUT2D eigenvalue weighted by Crippen LogP contribution is -2.57. The fourth-order valence-corrected chi connectivity index (χ4v) is 2.11. The van der Waals surface area contributed by atoms with E-state index in [0.29, 0.717) is 6.54 Å². The summed E-state index contributed by atoms with van der Waals surface area (Å²) in [5.74, 6) is -1.29. The maximum Gasteiger partial charge on any atom is 0.354 e. The summed E-state index contributed by atoms with van der Waals surface area (Å²) in [4.78, 5) is 26.2. The second kappa shape index (κ2) is 8.17. The molecule has 0 unspecified atom stereocenters. The van der Waals surface area contributed by atoms with E-state index in [4.69, 9.17) is 9.84 Å². The lowest BCUT2D eigenvalue weighted by molar-refractivity contribution is -0.152. The van der Waals surface area contributed by atoms with Gasteiger partial charge in [-0.05, 0) is 30.9 Å². The monoisotopic (exact) mass is 336 g/mol. The molecule has 1 aromatic heterocycles. The highest BCUT2D eigenvalue weighted by Crippen LogP contribution is 2.33. The molecule has 21 heavy (non-hydrogen) atoms. The quantitative estimate of drug-likeness (QED) is 0.797. The first-order chi connectivity index (χ1) is 9.07. The van der Waals surface area contributed by atoms with Crippen LogP contribution in [0.15, 0.2) is 18.3 Å². The Bertz CT molecular complexity index is 489. The van der Waals surface area contributed by atoms with Gasteiger partial charge in [0.2, 0.25) is 0 Å². The summed E-state index contributed by atoms with van der Waals surface area (Å²) >= 11 is 0. The Hall–Kier alpha value is -1.37. The minimum atomic E-state index is -1.05. The van der Waals surface area contributed by atoms with E-state index < -0.39 is 11.5 Å². The number of aromatic nitrogens is 1. The number of hydrogen-bond donors (Lipinski definition) is 2. The summed E-state index contributed by atoms with van der Waals surface area (Å²) < 4.78 is 4.80. The molecular formula is C13H18Cl2N2O4. The number of carboxylic acid groups (broad SMARTS) is 1. The third-order valence-electron chi connectivity index (χ3n) is 3.46. The molecule has 0 atom stereocenters. The molecule has 2 rings (SSSR count). The molecule has 0 aromatic carbocycles. The number of aromatic carboxylic acids is 1. The molecule has 1 aliphatic carbocycles. The second-order valence-corrected chi connectivity index (χ2v) is 4.64. The highest BCUT2D eigenvalue weighted by atomic mass is 35.5. The SMILES string of the molecule is COC(=O)C1(NCc2ccc(C(=O)O)nc2)CCC1.Cl.Cl. The molecule has 1 aromatic rings. The van der Waals surface area contributed by atoms with E-state index in [1.54, 1.807) is 6.07 Å². The van der Waals surface area contributed by atoms with Crippen molar-refractivity contribution in [3.05, 3.63) is 29.6 Å². The topological polar surface area (TPSA) is 88.5 Å². The predicted molar refractivity (Wildman–Crippen MR) is 81.1 cm³/mol. The van der Waals surface area contributed by atoms with Gasteiger partial charge in [-0.1, -0.05) is 6.07 Å². The molecular weight excluding hydrogens is 319 g/mol. The third kappa shape index (κ3) is 4.30. The fourth-order valence-electron chi connectivity index (χ4n) is 2.11. The second-order valence-electron chi connectivity index (χ2n) is 4.64. The lowest BCUT2D eigenvalue weighted by Gasteiger charge is -2.39. The minimum absolute atomic E-state index is 0. The van der Waals surface area contributed by atoms with Crippen LogP contribution in [0.4, 0.5) is 0 Å². The zero-order valence-electron chi connectivity index (χ0n) is 11.5. The average Bonchev–Trinajstić information content (AvgIpc) is 2.37. The van der Waals surface area contributed by atoms with Crippen molar-refractivity contribution in [2.75, 3.05) is 7.11 Å². The van der Waals surface area contributed by atoms with Gasteiger partial charge in [0.05, 0.1) is 7.11 Å². The number of carboxylic acids is 1. The van der Waals surface area contributed by atoms with Gasteiger partial charge in [0.1, 0.15) is 11.2 Å². The van der Waals surface area contributed by atoms with Crippen molar-refractivity contribution < 1.29 is 19.4 Å². The van der Waals surface area contributed by atoms with Crippen molar-refractivity contribution in [2.24, 2.45) is 0 Å². The largest absolute Gasteiger partial charge is 0.477 e. The summed E-state index contributed by atoms with van der Waals surface area (Å²) in [5.41, 5.74) is 0.260. The molecule has 1 aliphatic rings. The van der Waals surface area contributed by atoms with Crippen molar-refractivity contribution in [3.8, 4) is 0 Å². The Morgan fingerprint density at radius 2 is 2.05 bits per heavy atom. The van der Waals surface area contributed by atoms with Crippen LogP contribution in [0.25, 0.3) is 0 Å². The molecule has 8 heteroatoms. The number of methoxy groups -OCH3 is 1. The molecule has 0 radical (unpaired) electrons. The first-order valence-electron chi connectivity index (χ1n) is 6.09. The van der Waals surface area contributed by atoms with Crippen LogP contribution in [0, 0.1) is 0 Å². The van der Waals surface area contributed by atoms with E-state index in [1.165, 1.54) is 19.4 Å². The van der Waals surface area contributed by atoms with Crippen LogP contribution in [-0.2, 0) is 16.1 Å². The highest BCUT2D eigenvalue weighted by molar-refractivity contribution is 5.86. The van der Waals surface area contributed by atoms with Crippen molar-refractivity contribution in [2.45, 2.75) is 31.3 Å². The standard InChI is InChI=1S/C13H16N2O4.2ClH/c1-19-12(18)13(5-2-6-13)15-8-9-3-4-10(11(16)17)14-7-9;;/h3-4,7,15H,2,5-6,8H2,1H3,(H,16,17);2*1H. The normalized spacial score (nSPS) is 14.9. The summed E-state index contributed by atoms with van der Waals surface area (Å²) in [6.07, 6.45) is 4.03. The van der Waals surface area contributed by atoms with Crippen LogP contribution < -0.4 is 5.32 Å². The molecule has 0 saturated heterocycles. The van der Waals surface area contributed by atoms with Crippen LogP contribution in [0.3, 0.4) is 0 Å². The first kappa shape index (κ1) is 19.6. The van der Waals surface area contributed by atoms with Crippen LogP contribution in [0.5, 0.6) is 0 Å². The molecule has 6 nitrogen and oxygen atoms in total. The number of hydrogen-bond acceptors (Lipinski definition) is 5. The smallest absolute Gasteiger partial charge is 0.354 e. The van der Waals surface area contributed by atoms with Gasteiger partial charge in [0.25, 0.3) is 0 Å². The summed E-state index contributed by atoms with van der Waals surface area (Å²) in [7, 11) is 1.38. The number of halogens is 2. The van der Waals surface area contributed by atoms with Gasteiger partial charge in [-0.2, -0.15) is 0 Å². The molecule has 1 fully saturated rings. The molecule has 1 saturated carbocycles. The molecule has 1 heterocycles. The number of ether oxygens (including phenoxy) is 1. The molecule has 0 amide bonds. The Labute approximate surface area is 135 Å². The Kier molecular flexibility index (Phi) is 7.63. The Balaban J connectivity index is 0.00000200. The number of pyridine rings is 1. The third-order valence-corrected chi connectivity index (χ3v) is 3.46. The van der Waals surface area contributed by atoms with E-state index >= 15 is 0 Å². The number of nitrogens with one attached hydrogen (secondary N) is 1. The van der Waals surface area contributed by atoms with Crippen LogP contribution in [-0.4, -0.2) is 34.7 Å². The van der Waals surface area contributed by atoms with Gasteiger partial charge in [-0.25, -0.2) is 9.78 Å². The van der Waals surface area contributed by atoms with Gasteiger partial charge in [0.15, 0.2) is 0 Å². The maximum absolute atomic E-state index is 11.7. The van der Waals surface area contributed by atoms with Crippen LogP contribution in [0.1, 0.15) is 35.3 Å². The first-order valence-corrected chi connectivity index (χ1v) is 6.09. The van der Waals surface area contributed by atoms with Crippen LogP contribution >= 0.6 is 24.8 Å². The lowest BCUT2D eigenvalue weighted by atomic mass is 9.76. The molecule has 118 valence electrons. The number of nitrogens with zero attached hydrogens (tertiary/aromatic N) is 1. The van der Waals surface area contributed by atoms with Gasteiger partial charge < -0.3 is 9.84 Å². The van der Waals surface area contributed by atoms with E-state index in [0.717, 1.165) is 24.8 Å². The van der Waals surface area contributed by atoms with Gasteiger partial charge in [-0.15, -0.1) is 24.8 Å². The van der Waals surface area contributed by atoms with Crippen molar-refractivity contribution in [1.29, 1.82) is 0 Å².